The maximum Gasteiger partial charge on any atom is 0.0960 e. The molecule has 0 atom stereocenters. The van der Waals surface area contributed by atoms with E-state index >= 15 is 0 Å². The molecule has 0 amide bonds. The summed E-state index contributed by atoms with van der Waals surface area (Å²) in [5.74, 6) is 0. The van der Waals surface area contributed by atoms with Crippen molar-refractivity contribution in [2.24, 2.45) is 0 Å². The van der Waals surface area contributed by atoms with Crippen molar-refractivity contribution in [3.05, 3.63) is 27.5 Å². The number of nitriles is 1. The predicted molar refractivity (Wildman–Crippen MR) is 59.1 cm³/mol. The second-order valence-corrected chi connectivity index (χ2v) is 4.09. The van der Waals surface area contributed by atoms with E-state index < -0.39 is 0 Å². The lowest BCUT2D eigenvalue weighted by Gasteiger charge is -1.94. The van der Waals surface area contributed by atoms with Crippen LogP contribution in [0.1, 0.15) is 17.4 Å². The molecular weight excluding hydrogens is 218 g/mol. The average Bonchev–Trinajstić information content (AvgIpc) is 2.64. The molecule has 1 heterocycles. The minimum Gasteiger partial charge on any atom is -0.380 e. The zero-order valence-electron chi connectivity index (χ0n) is 8.00. The van der Waals surface area contributed by atoms with Gasteiger partial charge in [0.05, 0.1) is 17.7 Å². The standard InChI is InChI=1S/C10H10ClNOS/c1-7(4-12)10(11)9-3-8(5-13-2)6-14-9/h3,6H,5H2,1-2H3/b10-7-. The molecular formula is C10H10ClNOS. The third-order valence-corrected chi connectivity index (χ3v) is 3.27. The zero-order valence-corrected chi connectivity index (χ0v) is 9.58. The van der Waals surface area contributed by atoms with Gasteiger partial charge in [-0.05, 0) is 23.9 Å². The summed E-state index contributed by atoms with van der Waals surface area (Å²) in [5, 5.41) is 11.2. The number of ether oxygens (including phenoxy) is 1. The van der Waals surface area contributed by atoms with Crippen molar-refractivity contribution in [3.63, 3.8) is 0 Å². The van der Waals surface area contributed by atoms with Gasteiger partial charge in [-0.1, -0.05) is 11.6 Å². The summed E-state index contributed by atoms with van der Waals surface area (Å²) in [4.78, 5) is 0.915. The largest absolute Gasteiger partial charge is 0.380 e. The molecule has 4 heteroatoms. The van der Waals surface area contributed by atoms with E-state index in [1.165, 1.54) is 11.3 Å². The van der Waals surface area contributed by atoms with Gasteiger partial charge in [-0.25, -0.2) is 0 Å². The van der Waals surface area contributed by atoms with Gasteiger partial charge in [-0.3, -0.25) is 0 Å². The van der Waals surface area contributed by atoms with Crippen molar-refractivity contribution in [2.45, 2.75) is 13.5 Å². The van der Waals surface area contributed by atoms with Gasteiger partial charge in [0.2, 0.25) is 0 Å². The number of allylic oxidation sites excluding steroid dienone is 1. The molecule has 74 valence electrons. The van der Waals surface area contributed by atoms with Crippen LogP contribution in [0.15, 0.2) is 17.0 Å². The Hall–Kier alpha value is -0.820. The Morgan fingerprint density at radius 2 is 2.43 bits per heavy atom. The molecule has 0 N–H and O–H groups in total. The number of rotatable bonds is 3. The minimum absolute atomic E-state index is 0.528. The zero-order chi connectivity index (χ0) is 10.6. The highest BCUT2D eigenvalue weighted by Gasteiger charge is 2.06. The van der Waals surface area contributed by atoms with Gasteiger partial charge in [-0.15, -0.1) is 11.3 Å². The Morgan fingerprint density at radius 1 is 1.71 bits per heavy atom. The Labute approximate surface area is 92.4 Å². The predicted octanol–water partition coefficient (Wildman–Crippen LogP) is 3.39. The molecule has 0 bridgehead atoms. The van der Waals surface area contributed by atoms with Crippen molar-refractivity contribution in [2.75, 3.05) is 7.11 Å². The van der Waals surface area contributed by atoms with Gasteiger partial charge >= 0.3 is 0 Å². The second kappa shape index (κ2) is 5.16. The van der Waals surface area contributed by atoms with Gasteiger partial charge in [0.1, 0.15) is 0 Å². The highest BCUT2D eigenvalue weighted by Crippen LogP contribution is 2.28. The van der Waals surface area contributed by atoms with Crippen LogP contribution in [0, 0.1) is 11.3 Å². The molecule has 1 aromatic rings. The molecule has 1 aromatic heterocycles. The molecule has 0 saturated carbocycles. The van der Waals surface area contributed by atoms with E-state index in [4.69, 9.17) is 21.6 Å². The first kappa shape index (κ1) is 11.3. The van der Waals surface area contributed by atoms with E-state index in [1.54, 1.807) is 14.0 Å². The number of methoxy groups -OCH3 is 1. The quantitative estimate of drug-likeness (QED) is 0.742. The Balaban J connectivity index is 2.93. The fraction of sp³-hybridized carbons (Fsp3) is 0.300. The fourth-order valence-electron chi connectivity index (χ4n) is 0.967. The van der Waals surface area contributed by atoms with Crippen LogP contribution >= 0.6 is 22.9 Å². The molecule has 0 aliphatic heterocycles. The third kappa shape index (κ3) is 2.58. The summed E-state index contributed by atoms with van der Waals surface area (Å²) in [6.07, 6.45) is 0. The van der Waals surface area contributed by atoms with Crippen LogP contribution in [0.4, 0.5) is 0 Å². The van der Waals surface area contributed by atoms with Crippen LogP contribution in [0.2, 0.25) is 0 Å². The number of thiophene rings is 1. The summed E-state index contributed by atoms with van der Waals surface area (Å²) < 4.78 is 4.99. The smallest absolute Gasteiger partial charge is 0.0960 e. The monoisotopic (exact) mass is 227 g/mol. The third-order valence-electron chi connectivity index (χ3n) is 1.68. The first-order valence-electron chi connectivity index (χ1n) is 4.02. The van der Waals surface area contributed by atoms with Gasteiger partial charge < -0.3 is 4.74 Å². The highest BCUT2D eigenvalue weighted by molar-refractivity contribution is 7.12. The van der Waals surface area contributed by atoms with Gasteiger partial charge in [0, 0.05) is 17.6 Å². The van der Waals surface area contributed by atoms with Crippen LogP contribution in [0.25, 0.3) is 5.03 Å². The normalized spacial score (nSPS) is 12.1. The number of nitrogens with zero attached hydrogens (tertiary/aromatic N) is 1. The minimum atomic E-state index is 0.528. The molecule has 0 aromatic carbocycles. The van der Waals surface area contributed by atoms with Crippen LogP contribution in [-0.2, 0) is 11.3 Å². The molecule has 2 nitrogen and oxygen atoms in total. The van der Waals surface area contributed by atoms with Gasteiger partial charge in [0.25, 0.3) is 0 Å². The van der Waals surface area contributed by atoms with Crippen LogP contribution < -0.4 is 0 Å². The summed E-state index contributed by atoms with van der Waals surface area (Å²) >= 11 is 7.52. The maximum atomic E-state index is 8.66. The van der Waals surface area contributed by atoms with E-state index in [9.17, 15) is 0 Å². The topological polar surface area (TPSA) is 33.0 Å². The SMILES string of the molecule is COCc1csc(/C(Cl)=C(\C)C#N)c1. The molecule has 0 fully saturated rings. The van der Waals surface area contributed by atoms with Crippen molar-refractivity contribution in [1.82, 2.24) is 0 Å². The highest BCUT2D eigenvalue weighted by atomic mass is 35.5. The van der Waals surface area contributed by atoms with Crippen LogP contribution in [0.5, 0.6) is 0 Å². The van der Waals surface area contributed by atoms with Crippen LogP contribution in [0.3, 0.4) is 0 Å². The Morgan fingerprint density at radius 3 is 3.00 bits per heavy atom. The van der Waals surface area contributed by atoms with Crippen LogP contribution in [-0.4, -0.2) is 7.11 Å². The van der Waals surface area contributed by atoms with E-state index in [0.717, 1.165) is 10.4 Å². The lowest BCUT2D eigenvalue weighted by Crippen LogP contribution is -1.82. The molecule has 0 aliphatic carbocycles. The number of hydrogen-bond donors (Lipinski definition) is 0. The molecule has 1 rings (SSSR count). The average molecular weight is 228 g/mol. The lowest BCUT2D eigenvalue weighted by molar-refractivity contribution is 0.185. The summed E-state index contributed by atoms with van der Waals surface area (Å²) in [6, 6.07) is 3.97. The van der Waals surface area contributed by atoms with Crippen molar-refractivity contribution >= 4 is 28.0 Å². The van der Waals surface area contributed by atoms with Crippen molar-refractivity contribution < 1.29 is 4.74 Å². The van der Waals surface area contributed by atoms with E-state index in [1.807, 2.05) is 17.5 Å². The Kier molecular flexibility index (Phi) is 4.15. The van der Waals surface area contributed by atoms with Gasteiger partial charge in [0.15, 0.2) is 0 Å². The van der Waals surface area contributed by atoms with Gasteiger partial charge in [-0.2, -0.15) is 5.26 Å². The molecule has 0 spiro atoms. The summed E-state index contributed by atoms with van der Waals surface area (Å²) in [7, 11) is 1.65. The van der Waals surface area contributed by atoms with E-state index in [0.29, 0.717) is 17.2 Å². The molecule has 0 radical (unpaired) electrons. The molecule has 14 heavy (non-hydrogen) atoms. The molecule has 0 unspecified atom stereocenters. The second-order valence-electron chi connectivity index (χ2n) is 2.80. The summed E-state index contributed by atoms with van der Waals surface area (Å²) in [5.41, 5.74) is 1.62. The Bertz CT molecular complexity index is 389. The molecule has 0 saturated heterocycles. The summed E-state index contributed by atoms with van der Waals surface area (Å²) in [6.45, 7) is 2.28. The first-order chi connectivity index (χ1) is 6.69. The number of halogens is 1. The fourth-order valence-corrected chi connectivity index (χ4v) is 2.09. The maximum absolute atomic E-state index is 8.66. The first-order valence-corrected chi connectivity index (χ1v) is 5.28. The van der Waals surface area contributed by atoms with E-state index in [2.05, 4.69) is 0 Å². The number of hydrogen-bond acceptors (Lipinski definition) is 3. The van der Waals surface area contributed by atoms with Crippen molar-refractivity contribution in [1.29, 1.82) is 5.26 Å². The van der Waals surface area contributed by atoms with E-state index in [-0.39, 0.29) is 0 Å². The van der Waals surface area contributed by atoms with Crippen molar-refractivity contribution in [3.8, 4) is 6.07 Å². The lowest BCUT2D eigenvalue weighted by atomic mass is 10.2. The molecule has 0 aliphatic rings.